The van der Waals surface area contributed by atoms with Crippen LogP contribution in [0.4, 0.5) is 10.1 Å². The number of ether oxygens (including phenoxy) is 1. The van der Waals surface area contributed by atoms with E-state index in [-0.39, 0.29) is 5.56 Å². The molecule has 120 valence electrons. The Morgan fingerprint density at radius 2 is 1.74 bits per heavy atom. The first-order chi connectivity index (χ1) is 11.0. The number of anilines is 1. The Morgan fingerprint density at radius 1 is 1.09 bits per heavy atom. The maximum absolute atomic E-state index is 13.5. The summed E-state index contributed by atoms with van der Waals surface area (Å²) in [6.07, 6.45) is 0. The molecule has 0 bridgehead atoms. The van der Waals surface area contributed by atoms with E-state index in [1.807, 2.05) is 0 Å². The van der Waals surface area contributed by atoms with E-state index in [1.165, 1.54) is 25.1 Å². The van der Waals surface area contributed by atoms with Gasteiger partial charge >= 0.3 is 0 Å². The Balaban J connectivity index is 1.96. The van der Waals surface area contributed by atoms with Crippen molar-refractivity contribution in [1.82, 2.24) is 5.32 Å². The van der Waals surface area contributed by atoms with E-state index in [2.05, 4.69) is 10.6 Å². The van der Waals surface area contributed by atoms with Crippen molar-refractivity contribution in [1.29, 1.82) is 0 Å². The quantitative estimate of drug-likeness (QED) is 0.891. The molecule has 2 rings (SSSR count). The Bertz CT molecular complexity index is 701. The number of methoxy groups -OCH3 is 1. The SMILES string of the molecule is COc1ccc(NC(=O)[C@@H](C)NC(=O)c2ccccc2F)cc1. The molecule has 0 aliphatic carbocycles. The third-order valence-electron chi connectivity index (χ3n) is 3.22. The molecule has 2 aromatic carbocycles. The third kappa shape index (κ3) is 4.29. The van der Waals surface area contributed by atoms with Crippen molar-refractivity contribution in [2.75, 3.05) is 12.4 Å². The second-order valence-electron chi connectivity index (χ2n) is 4.89. The average molecular weight is 316 g/mol. The van der Waals surface area contributed by atoms with Gasteiger partial charge in [-0.1, -0.05) is 12.1 Å². The fourth-order valence-electron chi connectivity index (χ4n) is 1.91. The van der Waals surface area contributed by atoms with Gasteiger partial charge in [-0.05, 0) is 43.3 Å². The van der Waals surface area contributed by atoms with Crippen LogP contribution < -0.4 is 15.4 Å². The highest BCUT2D eigenvalue weighted by atomic mass is 19.1. The predicted molar refractivity (Wildman–Crippen MR) is 85.0 cm³/mol. The summed E-state index contributed by atoms with van der Waals surface area (Å²) >= 11 is 0. The Hall–Kier alpha value is -2.89. The van der Waals surface area contributed by atoms with Crippen molar-refractivity contribution >= 4 is 17.5 Å². The molecule has 0 saturated carbocycles. The Kier molecular flexibility index (Phi) is 5.30. The smallest absolute Gasteiger partial charge is 0.254 e. The van der Waals surface area contributed by atoms with E-state index >= 15 is 0 Å². The van der Waals surface area contributed by atoms with Crippen LogP contribution in [-0.4, -0.2) is 25.0 Å². The summed E-state index contributed by atoms with van der Waals surface area (Å²) in [5, 5.41) is 5.13. The molecule has 1 atom stereocenters. The summed E-state index contributed by atoms with van der Waals surface area (Å²) in [6, 6.07) is 11.6. The number of hydrogen-bond donors (Lipinski definition) is 2. The van der Waals surface area contributed by atoms with Crippen molar-refractivity contribution in [2.24, 2.45) is 0 Å². The van der Waals surface area contributed by atoms with Crippen molar-refractivity contribution in [3.8, 4) is 5.75 Å². The van der Waals surface area contributed by atoms with E-state index in [0.717, 1.165) is 0 Å². The largest absolute Gasteiger partial charge is 0.497 e. The van der Waals surface area contributed by atoms with Gasteiger partial charge in [0, 0.05) is 5.69 Å². The molecule has 23 heavy (non-hydrogen) atoms. The van der Waals surface area contributed by atoms with Gasteiger partial charge in [0.15, 0.2) is 0 Å². The lowest BCUT2D eigenvalue weighted by atomic mass is 10.2. The minimum atomic E-state index is -0.816. The molecule has 0 radical (unpaired) electrons. The molecule has 0 aliphatic rings. The summed E-state index contributed by atoms with van der Waals surface area (Å²) in [6.45, 7) is 1.53. The molecule has 2 N–H and O–H groups in total. The van der Waals surface area contributed by atoms with Gasteiger partial charge in [0.05, 0.1) is 12.7 Å². The summed E-state index contributed by atoms with van der Waals surface area (Å²) < 4.78 is 18.6. The molecule has 0 fully saturated rings. The van der Waals surface area contributed by atoms with Crippen LogP contribution >= 0.6 is 0 Å². The molecule has 2 amide bonds. The molecule has 0 heterocycles. The van der Waals surface area contributed by atoms with Gasteiger partial charge in [-0.15, -0.1) is 0 Å². The number of rotatable bonds is 5. The lowest BCUT2D eigenvalue weighted by Crippen LogP contribution is -2.41. The number of carbonyl (C=O) groups excluding carboxylic acids is 2. The molecule has 0 aromatic heterocycles. The first-order valence-electron chi connectivity index (χ1n) is 7.01. The number of amides is 2. The first-order valence-corrected chi connectivity index (χ1v) is 7.01. The Labute approximate surface area is 133 Å². The van der Waals surface area contributed by atoms with Crippen LogP contribution in [0.3, 0.4) is 0 Å². The van der Waals surface area contributed by atoms with Crippen LogP contribution in [0.5, 0.6) is 5.75 Å². The minimum absolute atomic E-state index is 0.100. The molecule has 5 nitrogen and oxygen atoms in total. The maximum Gasteiger partial charge on any atom is 0.254 e. The lowest BCUT2D eigenvalue weighted by Gasteiger charge is -2.14. The number of nitrogens with one attached hydrogen (secondary N) is 2. The van der Waals surface area contributed by atoms with E-state index < -0.39 is 23.7 Å². The molecule has 0 saturated heterocycles. The zero-order valence-electron chi connectivity index (χ0n) is 12.8. The van der Waals surface area contributed by atoms with Crippen LogP contribution in [0.25, 0.3) is 0 Å². The van der Waals surface area contributed by atoms with Crippen LogP contribution in [0.2, 0.25) is 0 Å². The second kappa shape index (κ2) is 7.40. The Morgan fingerprint density at radius 3 is 2.35 bits per heavy atom. The van der Waals surface area contributed by atoms with Crippen molar-refractivity contribution in [2.45, 2.75) is 13.0 Å². The van der Waals surface area contributed by atoms with Gasteiger partial charge in [0.25, 0.3) is 5.91 Å². The van der Waals surface area contributed by atoms with Gasteiger partial charge in [-0.3, -0.25) is 9.59 Å². The zero-order valence-corrected chi connectivity index (χ0v) is 12.8. The fraction of sp³-hybridized carbons (Fsp3) is 0.176. The molecular formula is C17H17FN2O3. The standard InChI is InChI=1S/C17H17FN2O3/c1-11(19-17(22)14-5-3-4-6-15(14)18)16(21)20-12-7-9-13(23-2)10-8-12/h3-11H,1-2H3,(H,19,22)(H,20,21)/t11-/m1/s1. The topological polar surface area (TPSA) is 67.4 Å². The summed E-state index contributed by atoms with van der Waals surface area (Å²) in [5.41, 5.74) is 0.472. The van der Waals surface area contributed by atoms with Crippen molar-refractivity contribution < 1.29 is 18.7 Å². The van der Waals surface area contributed by atoms with Gasteiger partial charge in [0.1, 0.15) is 17.6 Å². The predicted octanol–water partition coefficient (Wildman–Crippen LogP) is 2.59. The van der Waals surface area contributed by atoms with E-state index in [1.54, 1.807) is 37.4 Å². The maximum atomic E-state index is 13.5. The number of carbonyl (C=O) groups is 2. The summed E-state index contributed by atoms with van der Waals surface area (Å²) in [5.74, 6) is -1.00. The van der Waals surface area contributed by atoms with Gasteiger partial charge < -0.3 is 15.4 Å². The van der Waals surface area contributed by atoms with Crippen LogP contribution in [0.15, 0.2) is 48.5 Å². The minimum Gasteiger partial charge on any atom is -0.497 e. The highest BCUT2D eigenvalue weighted by Crippen LogP contribution is 2.15. The average Bonchev–Trinajstić information content (AvgIpc) is 2.55. The lowest BCUT2D eigenvalue weighted by molar-refractivity contribution is -0.117. The van der Waals surface area contributed by atoms with Crippen LogP contribution in [0.1, 0.15) is 17.3 Å². The van der Waals surface area contributed by atoms with Gasteiger partial charge in [-0.2, -0.15) is 0 Å². The number of hydrogen-bond acceptors (Lipinski definition) is 3. The molecular weight excluding hydrogens is 299 g/mol. The van der Waals surface area contributed by atoms with Gasteiger partial charge in [-0.25, -0.2) is 4.39 Å². The number of halogens is 1. The molecule has 0 spiro atoms. The second-order valence-corrected chi connectivity index (χ2v) is 4.89. The van der Waals surface area contributed by atoms with Crippen LogP contribution in [0, 0.1) is 5.82 Å². The first kappa shape index (κ1) is 16.5. The highest BCUT2D eigenvalue weighted by molar-refractivity contribution is 6.01. The van der Waals surface area contributed by atoms with Crippen LogP contribution in [-0.2, 0) is 4.79 Å². The normalized spacial score (nSPS) is 11.4. The molecule has 2 aromatic rings. The van der Waals surface area contributed by atoms with Crippen molar-refractivity contribution in [3.63, 3.8) is 0 Å². The van der Waals surface area contributed by atoms with E-state index in [4.69, 9.17) is 4.74 Å². The highest BCUT2D eigenvalue weighted by Gasteiger charge is 2.18. The van der Waals surface area contributed by atoms with E-state index in [9.17, 15) is 14.0 Å². The molecule has 6 heteroatoms. The van der Waals surface area contributed by atoms with E-state index in [0.29, 0.717) is 11.4 Å². The molecule has 0 unspecified atom stereocenters. The summed E-state index contributed by atoms with van der Waals surface area (Å²) in [7, 11) is 1.55. The number of benzene rings is 2. The van der Waals surface area contributed by atoms with Crippen molar-refractivity contribution in [3.05, 3.63) is 59.9 Å². The molecule has 0 aliphatic heterocycles. The zero-order chi connectivity index (χ0) is 16.8. The fourth-order valence-corrected chi connectivity index (χ4v) is 1.91. The van der Waals surface area contributed by atoms with Gasteiger partial charge in [0.2, 0.25) is 5.91 Å². The monoisotopic (exact) mass is 316 g/mol. The summed E-state index contributed by atoms with van der Waals surface area (Å²) in [4.78, 5) is 24.0. The third-order valence-corrected chi connectivity index (χ3v) is 3.22.